The number of aromatic nitrogens is 5. The summed E-state index contributed by atoms with van der Waals surface area (Å²) in [6, 6.07) is 56.6. The van der Waals surface area contributed by atoms with E-state index in [9.17, 15) is 0 Å². The predicted octanol–water partition coefficient (Wildman–Crippen LogP) is 12.2. The first-order chi connectivity index (χ1) is 25.7. The van der Waals surface area contributed by atoms with Gasteiger partial charge < -0.3 is 0 Å². The Morgan fingerprint density at radius 1 is 0.288 bits per heavy atom. The molecule has 7 heteroatoms. The zero-order valence-corrected chi connectivity index (χ0v) is 29.3. The Morgan fingerprint density at radius 2 is 0.769 bits per heavy atom. The maximum Gasteiger partial charge on any atom is 0.164 e. The fourth-order valence-corrected chi connectivity index (χ4v) is 8.46. The molecule has 0 radical (unpaired) electrons. The van der Waals surface area contributed by atoms with E-state index in [2.05, 4.69) is 121 Å². The first-order valence-corrected chi connectivity index (χ1v) is 18.6. The molecule has 7 aromatic carbocycles. The molecule has 0 saturated heterocycles. The molecule has 0 aliphatic heterocycles. The molecule has 0 spiro atoms. The summed E-state index contributed by atoms with van der Waals surface area (Å²) in [4.78, 5) is 25.2. The lowest BCUT2D eigenvalue weighted by Crippen LogP contribution is -2.00. The van der Waals surface area contributed by atoms with Crippen molar-refractivity contribution in [1.82, 2.24) is 24.9 Å². The van der Waals surface area contributed by atoms with Crippen LogP contribution in [0.15, 0.2) is 164 Å². The highest BCUT2D eigenvalue weighted by Gasteiger charge is 2.16. The summed E-state index contributed by atoms with van der Waals surface area (Å²) in [5.41, 5.74) is 9.04. The van der Waals surface area contributed by atoms with Crippen LogP contribution in [-0.2, 0) is 0 Å². The van der Waals surface area contributed by atoms with E-state index in [4.69, 9.17) is 24.9 Å². The SMILES string of the molecule is c1ccc(-c2nc(-c3cccc(-c4cc(-c5nc6ccccc6s5)cc(-c5nc6ccccc6s5)c4)c3)nc(-c3ccc4ccccc4c3)n2)cc1. The lowest BCUT2D eigenvalue weighted by Gasteiger charge is -2.11. The van der Waals surface area contributed by atoms with E-state index in [1.807, 2.05) is 42.5 Å². The number of hydrogen-bond donors (Lipinski definition) is 0. The van der Waals surface area contributed by atoms with Crippen LogP contribution >= 0.6 is 22.7 Å². The topological polar surface area (TPSA) is 64.5 Å². The van der Waals surface area contributed by atoms with E-state index < -0.39 is 0 Å². The highest BCUT2D eigenvalue weighted by molar-refractivity contribution is 7.22. The van der Waals surface area contributed by atoms with Crippen LogP contribution in [-0.4, -0.2) is 24.9 Å². The number of thiazole rings is 2. The maximum absolute atomic E-state index is 5.08. The molecule has 10 aromatic rings. The van der Waals surface area contributed by atoms with Gasteiger partial charge in [-0.15, -0.1) is 22.7 Å². The third kappa shape index (κ3) is 5.72. The van der Waals surface area contributed by atoms with Crippen LogP contribution in [0.2, 0.25) is 0 Å². The average molecular weight is 702 g/mol. The first kappa shape index (κ1) is 30.4. The van der Waals surface area contributed by atoms with Gasteiger partial charge in [-0.25, -0.2) is 24.9 Å². The summed E-state index contributed by atoms with van der Waals surface area (Å²) < 4.78 is 2.33. The molecule has 3 heterocycles. The van der Waals surface area contributed by atoms with Crippen molar-refractivity contribution in [3.8, 4) is 66.4 Å². The second-order valence-electron chi connectivity index (χ2n) is 12.6. The summed E-state index contributed by atoms with van der Waals surface area (Å²) in [6.07, 6.45) is 0. The zero-order valence-electron chi connectivity index (χ0n) is 27.6. The molecule has 0 aliphatic rings. The molecule has 0 unspecified atom stereocenters. The molecule has 0 N–H and O–H groups in total. The average Bonchev–Trinajstić information content (AvgIpc) is 3.86. The molecule has 0 bridgehead atoms. The van der Waals surface area contributed by atoms with E-state index in [-0.39, 0.29) is 0 Å². The number of nitrogens with zero attached hydrogens (tertiary/aromatic N) is 5. The number of fused-ring (bicyclic) bond motifs is 3. The van der Waals surface area contributed by atoms with Gasteiger partial charge in [-0.2, -0.15) is 0 Å². The Hall–Kier alpha value is -6.41. The molecule has 3 aromatic heterocycles. The van der Waals surface area contributed by atoms with Crippen LogP contribution in [0, 0.1) is 0 Å². The Labute approximate surface area is 307 Å². The van der Waals surface area contributed by atoms with E-state index in [1.54, 1.807) is 22.7 Å². The molecule has 0 atom stereocenters. The van der Waals surface area contributed by atoms with Gasteiger partial charge in [0.15, 0.2) is 17.5 Å². The third-order valence-electron chi connectivity index (χ3n) is 9.14. The molecule has 0 amide bonds. The van der Waals surface area contributed by atoms with E-state index >= 15 is 0 Å². The standard InChI is InChI=1S/C45H27N5S2/c1-2-12-29(13-3-1)41-48-42(50-43(49-41)33-22-21-28-11-4-5-14-30(28)23-33)32-16-10-15-31(24-32)34-25-35(44-46-37-17-6-8-19-39(37)51-44)27-36(26-34)45-47-38-18-7-9-20-40(38)52-45/h1-27H. The summed E-state index contributed by atoms with van der Waals surface area (Å²) in [5, 5.41) is 4.27. The Bertz CT molecular complexity index is 2770. The molecule has 244 valence electrons. The minimum atomic E-state index is 0.618. The molecule has 10 rings (SSSR count). The number of para-hydroxylation sites is 2. The molecular formula is C45H27N5S2. The quantitative estimate of drug-likeness (QED) is 0.173. The van der Waals surface area contributed by atoms with Crippen molar-refractivity contribution in [3.05, 3.63) is 164 Å². The predicted molar refractivity (Wildman–Crippen MR) is 216 cm³/mol. The van der Waals surface area contributed by atoms with Gasteiger partial charge in [0.2, 0.25) is 0 Å². The Kier molecular flexibility index (Phi) is 7.44. The minimum absolute atomic E-state index is 0.618. The van der Waals surface area contributed by atoms with E-state index in [0.29, 0.717) is 17.5 Å². The number of benzene rings is 7. The second-order valence-corrected chi connectivity index (χ2v) is 14.6. The smallest absolute Gasteiger partial charge is 0.164 e. The van der Waals surface area contributed by atoms with Crippen molar-refractivity contribution in [3.63, 3.8) is 0 Å². The second kappa shape index (κ2) is 12.7. The monoisotopic (exact) mass is 701 g/mol. The third-order valence-corrected chi connectivity index (χ3v) is 11.3. The van der Waals surface area contributed by atoms with Crippen LogP contribution in [0.3, 0.4) is 0 Å². The highest BCUT2D eigenvalue weighted by Crippen LogP contribution is 2.39. The Morgan fingerprint density at radius 3 is 1.42 bits per heavy atom. The van der Waals surface area contributed by atoms with Gasteiger partial charge in [0.1, 0.15) is 10.0 Å². The fourth-order valence-electron chi connectivity index (χ4n) is 6.55. The van der Waals surface area contributed by atoms with Crippen LogP contribution in [0.25, 0.3) is 97.6 Å². The van der Waals surface area contributed by atoms with E-state index in [0.717, 1.165) is 74.8 Å². The molecule has 0 fully saturated rings. The molecule has 0 aliphatic carbocycles. The number of rotatable bonds is 6. The van der Waals surface area contributed by atoms with Gasteiger partial charge in [0, 0.05) is 27.8 Å². The Balaban J connectivity index is 1.12. The summed E-state index contributed by atoms with van der Waals surface area (Å²) in [5.74, 6) is 1.89. The van der Waals surface area contributed by atoms with Crippen molar-refractivity contribution < 1.29 is 0 Å². The fraction of sp³-hybridized carbons (Fsp3) is 0. The van der Waals surface area contributed by atoms with Gasteiger partial charge in [-0.05, 0) is 76.5 Å². The molecular weight excluding hydrogens is 675 g/mol. The number of hydrogen-bond acceptors (Lipinski definition) is 7. The van der Waals surface area contributed by atoms with Gasteiger partial charge in [0.05, 0.1) is 20.4 Å². The highest BCUT2D eigenvalue weighted by atomic mass is 32.1. The molecule has 52 heavy (non-hydrogen) atoms. The maximum atomic E-state index is 5.08. The van der Waals surface area contributed by atoms with Crippen molar-refractivity contribution in [1.29, 1.82) is 0 Å². The van der Waals surface area contributed by atoms with Gasteiger partial charge >= 0.3 is 0 Å². The van der Waals surface area contributed by atoms with Gasteiger partial charge in [-0.3, -0.25) is 0 Å². The van der Waals surface area contributed by atoms with Crippen LogP contribution in [0.1, 0.15) is 0 Å². The zero-order chi connectivity index (χ0) is 34.4. The largest absolute Gasteiger partial charge is 0.236 e. The van der Waals surface area contributed by atoms with E-state index in [1.165, 1.54) is 5.39 Å². The van der Waals surface area contributed by atoms with Crippen molar-refractivity contribution in [2.75, 3.05) is 0 Å². The molecule has 0 saturated carbocycles. The summed E-state index contributed by atoms with van der Waals surface area (Å²) >= 11 is 3.42. The summed E-state index contributed by atoms with van der Waals surface area (Å²) in [7, 11) is 0. The lowest BCUT2D eigenvalue weighted by atomic mass is 9.98. The normalized spacial score (nSPS) is 11.5. The van der Waals surface area contributed by atoms with Crippen LogP contribution in [0.5, 0.6) is 0 Å². The summed E-state index contributed by atoms with van der Waals surface area (Å²) in [6.45, 7) is 0. The van der Waals surface area contributed by atoms with Crippen molar-refractivity contribution in [2.24, 2.45) is 0 Å². The lowest BCUT2D eigenvalue weighted by molar-refractivity contribution is 1.07. The van der Waals surface area contributed by atoms with Crippen LogP contribution in [0.4, 0.5) is 0 Å². The van der Waals surface area contributed by atoms with Gasteiger partial charge in [-0.1, -0.05) is 109 Å². The molecule has 5 nitrogen and oxygen atoms in total. The van der Waals surface area contributed by atoms with Crippen molar-refractivity contribution in [2.45, 2.75) is 0 Å². The first-order valence-electron chi connectivity index (χ1n) is 17.0. The van der Waals surface area contributed by atoms with Crippen molar-refractivity contribution >= 4 is 53.9 Å². The minimum Gasteiger partial charge on any atom is -0.236 e. The van der Waals surface area contributed by atoms with Crippen LogP contribution < -0.4 is 0 Å². The van der Waals surface area contributed by atoms with Gasteiger partial charge in [0.25, 0.3) is 0 Å².